The molecule has 0 aliphatic carbocycles. The molecule has 1 aliphatic heterocycles. The van der Waals surface area contributed by atoms with Crippen molar-refractivity contribution in [3.63, 3.8) is 0 Å². The Bertz CT molecular complexity index is 856. The maximum Gasteiger partial charge on any atom is 0.191 e. The predicted octanol–water partition coefficient (Wildman–Crippen LogP) is 3.05. The molecule has 8 heteroatoms. The summed E-state index contributed by atoms with van der Waals surface area (Å²) in [5.74, 6) is 1.44. The van der Waals surface area contributed by atoms with Gasteiger partial charge < -0.3 is 20.4 Å². The first-order valence-corrected chi connectivity index (χ1v) is 11.5. The molecule has 32 heavy (non-hydrogen) atoms. The van der Waals surface area contributed by atoms with Gasteiger partial charge in [-0.2, -0.15) is 5.10 Å². The lowest BCUT2D eigenvalue weighted by atomic mass is 10.1. The number of hydrogen-bond donors (Lipinski definition) is 2. The molecule has 3 rings (SSSR count). The standard InChI is InChI=1S/C24H39N7.HI/c1-6-25-24(26-16-19(2)18-30-13-11-29(5)12-14-30)27-17-22-9-7-8-10-23(22)31-21(4)15-20(3)28-31;/h7-10,15,19H,6,11-14,16-18H2,1-5H3,(H2,25,26,27);1H. The molecule has 1 saturated heterocycles. The normalized spacial score (nSPS) is 16.5. The molecule has 1 fully saturated rings. The van der Waals surface area contributed by atoms with Gasteiger partial charge in [-0.15, -0.1) is 24.0 Å². The third kappa shape index (κ3) is 7.74. The number of aryl methyl sites for hydroxylation is 2. The van der Waals surface area contributed by atoms with E-state index in [0.29, 0.717) is 12.5 Å². The minimum atomic E-state index is 0. The summed E-state index contributed by atoms with van der Waals surface area (Å²) in [6.45, 7) is 16.7. The highest BCUT2D eigenvalue weighted by Crippen LogP contribution is 2.17. The molecular weight excluding hydrogens is 513 g/mol. The molecule has 0 bridgehead atoms. The lowest BCUT2D eigenvalue weighted by Gasteiger charge is -2.34. The highest BCUT2D eigenvalue weighted by atomic mass is 127. The zero-order valence-electron chi connectivity index (χ0n) is 20.3. The Morgan fingerprint density at radius 3 is 2.50 bits per heavy atom. The van der Waals surface area contributed by atoms with Gasteiger partial charge in [-0.05, 0) is 51.4 Å². The number of nitrogens with one attached hydrogen (secondary N) is 2. The molecule has 178 valence electrons. The predicted molar refractivity (Wildman–Crippen MR) is 144 cm³/mol. The Kier molecular flexibility index (Phi) is 10.9. The van der Waals surface area contributed by atoms with Crippen molar-refractivity contribution >= 4 is 29.9 Å². The van der Waals surface area contributed by atoms with Gasteiger partial charge in [0.1, 0.15) is 0 Å². The fourth-order valence-electron chi connectivity index (χ4n) is 4.04. The van der Waals surface area contributed by atoms with Gasteiger partial charge in [-0.1, -0.05) is 25.1 Å². The van der Waals surface area contributed by atoms with Crippen LogP contribution < -0.4 is 10.6 Å². The van der Waals surface area contributed by atoms with Crippen LogP contribution in [0, 0.1) is 19.8 Å². The van der Waals surface area contributed by atoms with E-state index in [2.05, 4.69) is 83.7 Å². The van der Waals surface area contributed by atoms with Crippen LogP contribution in [0.3, 0.4) is 0 Å². The molecular formula is C24H40IN7. The molecule has 0 saturated carbocycles. The van der Waals surface area contributed by atoms with Crippen LogP contribution >= 0.6 is 24.0 Å². The molecule has 1 unspecified atom stereocenters. The third-order valence-corrected chi connectivity index (χ3v) is 5.76. The second-order valence-electron chi connectivity index (χ2n) is 8.75. The summed E-state index contributed by atoms with van der Waals surface area (Å²) in [6, 6.07) is 10.5. The van der Waals surface area contributed by atoms with Gasteiger partial charge in [0, 0.05) is 51.5 Å². The average molecular weight is 554 g/mol. The molecule has 0 radical (unpaired) electrons. The number of piperazine rings is 1. The van der Waals surface area contributed by atoms with Crippen molar-refractivity contribution < 1.29 is 0 Å². The monoisotopic (exact) mass is 553 g/mol. The quantitative estimate of drug-likeness (QED) is 0.299. The van der Waals surface area contributed by atoms with E-state index in [1.165, 1.54) is 13.1 Å². The van der Waals surface area contributed by atoms with Gasteiger partial charge in [-0.25, -0.2) is 9.67 Å². The van der Waals surface area contributed by atoms with E-state index >= 15 is 0 Å². The smallest absolute Gasteiger partial charge is 0.191 e. The van der Waals surface area contributed by atoms with Crippen molar-refractivity contribution in [3.8, 4) is 5.69 Å². The Balaban J connectivity index is 0.00000363. The number of aliphatic imine (C=N–C) groups is 1. The molecule has 7 nitrogen and oxygen atoms in total. The van der Waals surface area contributed by atoms with Crippen LogP contribution in [-0.4, -0.2) is 78.4 Å². The second kappa shape index (κ2) is 13.2. The molecule has 1 aromatic heterocycles. The van der Waals surface area contributed by atoms with E-state index in [0.717, 1.165) is 61.3 Å². The summed E-state index contributed by atoms with van der Waals surface area (Å²) in [5.41, 5.74) is 4.42. The highest BCUT2D eigenvalue weighted by Gasteiger charge is 2.16. The van der Waals surface area contributed by atoms with Crippen LogP contribution in [0.1, 0.15) is 30.8 Å². The molecule has 1 aromatic carbocycles. The maximum atomic E-state index is 4.87. The summed E-state index contributed by atoms with van der Waals surface area (Å²) >= 11 is 0. The fourth-order valence-corrected chi connectivity index (χ4v) is 4.04. The lowest BCUT2D eigenvalue weighted by Crippen LogP contribution is -2.47. The first-order chi connectivity index (χ1) is 15.0. The first-order valence-electron chi connectivity index (χ1n) is 11.5. The number of benzene rings is 1. The highest BCUT2D eigenvalue weighted by molar-refractivity contribution is 14.0. The number of halogens is 1. The van der Waals surface area contributed by atoms with Crippen molar-refractivity contribution in [3.05, 3.63) is 47.3 Å². The van der Waals surface area contributed by atoms with Crippen molar-refractivity contribution in [1.82, 2.24) is 30.2 Å². The Morgan fingerprint density at radius 2 is 1.84 bits per heavy atom. The van der Waals surface area contributed by atoms with Gasteiger partial charge in [-0.3, -0.25) is 0 Å². The van der Waals surface area contributed by atoms with Gasteiger partial charge >= 0.3 is 0 Å². The summed E-state index contributed by atoms with van der Waals surface area (Å²) in [7, 11) is 2.20. The molecule has 1 atom stereocenters. The van der Waals surface area contributed by atoms with Crippen molar-refractivity contribution in [1.29, 1.82) is 0 Å². The molecule has 2 N–H and O–H groups in total. The van der Waals surface area contributed by atoms with Crippen LogP contribution in [0.15, 0.2) is 35.3 Å². The topological polar surface area (TPSA) is 60.7 Å². The number of nitrogens with zero attached hydrogens (tertiary/aromatic N) is 5. The number of para-hydroxylation sites is 1. The summed E-state index contributed by atoms with van der Waals surface area (Å²) in [5, 5.41) is 11.6. The average Bonchev–Trinajstić information content (AvgIpc) is 3.09. The summed E-state index contributed by atoms with van der Waals surface area (Å²) < 4.78 is 2.01. The molecule has 0 spiro atoms. The maximum absolute atomic E-state index is 4.87. The van der Waals surface area contributed by atoms with Crippen molar-refractivity contribution in [2.45, 2.75) is 34.2 Å². The largest absolute Gasteiger partial charge is 0.357 e. The number of rotatable bonds is 8. The molecule has 2 aromatic rings. The van der Waals surface area contributed by atoms with Crippen molar-refractivity contribution in [2.75, 3.05) is 52.9 Å². The molecule has 0 amide bonds. The minimum Gasteiger partial charge on any atom is -0.357 e. The Labute approximate surface area is 210 Å². The SMILES string of the molecule is CCNC(=NCc1ccccc1-n1nc(C)cc1C)NCC(C)CN1CCN(C)CC1.I. The van der Waals surface area contributed by atoms with Crippen LogP contribution in [0.2, 0.25) is 0 Å². The summed E-state index contributed by atoms with van der Waals surface area (Å²) in [4.78, 5) is 9.84. The van der Waals surface area contributed by atoms with Crippen LogP contribution in [0.4, 0.5) is 0 Å². The van der Waals surface area contributed by atoms with Crippen LogP contribution in [-0.2, 0) is 6.54 Å². The van der Waals surface area contributed by atoms with Gasteiger partial charge in [0.15, 0.2) is 5.96 Å². The minimum absolute atomic E-state index is 0. The van der Waals surface area contributed by atoms with Crippen molar-refractivity contribution in [2.24, 2.45) is 10.9 Å². The van der Waals surface area contributed by atoms with Gasteiger partial charge in [0.25, 0.3) is 0 Å². The molecule has 1 aliphatic rings. The van der Waals surface area contributed by atoms with E-state index in [1.807, 2.05) is 11.6 Å². The third-order valence-electron chi connectivity index (χ3n) is 5.76. The molecule has 2 heterocycles. The van der Waals surface area contributed by atoms with E-state index in [-0.39, 0.29) is 24.0 Å². The summed E-state index contributed by atoms with van der Waals surface area (Å²) in [6.07, 6.45) is 0. The van der Waals surface area contributed by atoms with E-state index < -0.39 is 0 Å². The van der Waals surface area contributed by atoms with E-state index in [9.17, 15) is 0 Å². The fraction of sp³-hybridized carbons (Fsp3) is 0.583. The van der Waals surface area contributed by atoms with E-state index in [1.54, 1.807) is 0 Å². The number of likely N-dealkylation sites (N-methyl/N-ethyl adjacent to an activating group) is 1. The lowest BCUT2D eigenvalue weighted by molar-refractivity contribution is 0.139. The van der Waals surface area contributed by atoms with Crippen LogP contribution in [0.5, 0.6) is 0 Å². The van der Waals surface area contributed by atoms with Gasteiger partial charge in [0.05, 0.1) is 17.9 Å². The van der Waals surface area contributed by atoms with Gasteiger partial charge in [0.2, 0.25) is 0 Å². The van der Waals surface area contributed by atoms with Crippen LogP contribution in [0.25, 0.3) is 5.69 Å². The second-order valence-corrected chi connectivity index (χ2v) is 8.75. The Morgan fingerprint density at radius 1 is 1.12 bits per heavy atom. The number of guanidine groups is 1. The zero-order chi connectivity index (χ0) is 22.2. The number of hydrogen-bond acceptors (Lipinski definition) is 4. The van der Waals surface area contributed by atoms with E-state index in [4.69, 9.17) is 4.99 Å². The Hall–Kier alpha value is -1.65. The first kappa shape index (κ1) is 26.6. The number of aromatic nitrogens is 2. The zero-order valence-corrected chi connectivity index (χ0v) is 22.6.